The Hall–Kier alpha value is -3.48. The number of hydrogen-bond acceptors (Lipinski definition) is 5. The first-order chi connectivity index (χ1) is 15.5. The average molecular weight is 433 g/mol. The number of carbonyl (C=O) groups is 2. The summed E-state index contributed by atoms with van der Waals surface area (Å²) in [5.74, 6) is -0.476. The van der Waals surface area contributed by atoms with Gasteiger partial charge in [-0.1, -0.05) is 38.0 Å². The van der Waals surface area contributed by atoms with Crippen molar-refractivity contribution < 1.29 is 14.3 Å². The molecule has 1 saturated carbocycles. The molecule has 0 spiro atoms. The summed E-state index contributed by atoms with van der Waals surface area (Å²) in [4.78, 5) is 29.6. The predicted octanol–water partition coefficient (Wildman–Crippen LogP) is 4.17. The Balaban J connectivity index is 1.52. The lowest BCUT2D eigenvalue weighted by atomic mass is 9.86. The van der Waals surface area contributed by atoms with Gasteiger partial charge < -0.3 is 10.1 Å². The molecular weight excluding hydrogens is 404 g/mol. The van der Waals surface area contributed by atoms with Gasteiger partial charge in [-0.25, -0.2) is 9.48 Å². The molecule has 1 fully saturated rings. The number of nitrogens with one attached hydrogen (secondary N) is 1. The van der Waals surface area contributed by atoms with Crippen molar-refractivity contribution in [3.8, 4) is 16.9 Å². The van der Waals surface area contributed by atoms with Crippen molar-refractivity contribution in [2.24, 2.45) is 5.92 Å². The minimum Gasteiger partial charge on any atom is -0.448 e. The van der Waals surface area contributed by atoms with Crippen LogP contribution < -0.4 is 5.32 Å². The van der Waals surface area contributed by atoms with Crippen molar-refractivity contribution in [2.45, 2.75) is 51.7 Å². The second kappa shape index (κ2) is 9.77. The predicted molar refractivity (Wildman–Crippen MR) is 121 cm³/mol. The molecular formula is C25H28N4O3. The Labute approximate surface area is 187 Å². The topological polar surface area (TPSA) is 86.1 Å². The lowest BCUT2D eigenvalue weighted by Gasteiger charge is -2.30. The molecule has 0 saturated heterocycles. The molecule has 0 aliphatic heterocycles. The quantitative estimate of drug-likeness (QED) is 0.591. The summed E-state index contributed by atoms with van der Waals surface area (Å²) < 4.78 is 7.16. The van der Waals surface area contributed by atoms with E-state index in [2.05, 4.69) is 22.3 Å². The number of pyridine rings is 1. The molecule has 1 amide bonds. The van der Waals surface area contributed by atoms with Crippen LogP contribution in [0.5, 0.6) is 0 Å². The first-order valence-corrected chi connectivity index (χ1v) is 11.1. The lowest BCUT2D eigenvalue weighted by molar-refractivity contribution is -0.130. The van der Waals surface area contributed by atoms with Crippen molar-refractivity contribution in [1.29, 1.82) is 0 Å². The second-order valence-electron chi connectivity index (χ2n) is 8.33. The molecule has 3 aromatic rings. The van der Waals surface area contributed by atoms with Crippen LogP contribution in [0, 0.1) is 5.92 Å². The molecule has 7 heteroatoms. The number of nitrogens with zero attached hydrogens (tertiary/aromatic N) is 3. The molecule has 4 rings (SSSR count). The molecule has 0 bridgehead atoms. The largest absolute Gasteiger partial charge is 0.448 e. The molecule has 1 aromatic carbocycles. The van der Waals surface area contributed by atoms with Crippen LogP contribution in [0.15, 0.2) is 60.9 Å². The van der Waals surface area contributed by atoms with Crippen molar-refractivity contribution in [1.82, 2.24) is 20.1 Å². The van der Waals surface area contributed by atoms with Crippen LogP contribution >= 0.6 is 0 Å². The number of esters is 1. The molecule has 0 unspecified atom stereocenters. The van der Waals surface area contributed by atoms with E-state index in [1.165, 1.54) is 6.42 Å². The molecule has 0 radical (unpaired) electrons. The van der Waals surface area contributed by atoms with Gasteiger partial charge in [0.25, 0.3) is 5.91 Å². The van der Waals surface area contributed by atoms with Crippen LogP contribution in [0.3, 0.4) is 0 Å². The number of carbonyl (C=O) groups excluding carboxylic acids is 2. The second-order valence-corrected chi connectivity index (χ2v) is 8.33. The highest BCUT2D eigenvalue weighted by Crippen LogP contribution is 2.25. The highest BCUT2D eigenvalue weighted by atomic mass is 16.5. The molecule has 7 nitrogen and oxygen atoms in total. The van der Waals surface area contributed by atoms with Gasteiger partial charge in [-0.05, 0) is 56.0 Å². The molecule has 2 heterocycles. The summed E-state index contributed by atoms with van der Waals surface area (Å²) in [7, 11) is 0. The standard InChI is InChI=1S/C25H28N4O3/c1-17-9-6-7-13-21(17)27-24(30)18(2)32-25(31)22-15-23(19-10-8-14-26-16-19)29(28-22)20-11-4-3-5-12-20/h3-5,8,10-12,14-18,21H,6-7,9,13H2,1-2H3,(H,27,30)/t17-,18-,21+/m0/s1. The Morgan fingerprint density at radius 1 is 1.12 bits per heavy atom. The summed E-state index contributed by atoms with van der Waals surface area (Å²) >= 11 is 0. The number of para-hydroxylation sites is 1. The van der Waals surface area contributed by atoms with Gasteiger partial charge in [0, 0.05) is 24.0 Å². The van der Waals surface area contributed by atoms with Crippen LogP contribution in [0.1, 0.15) is 50.0 Å². The maximum Gasteiger partial charge on any atom is 0.359 e. The zero-order valence-electron chi connectivity index (χ0n) is 18.4. The average Bonchev–Trinajstić information content (AvgIpc) is 3.27. The van der Waals surface area contributed by atoms with E-state index in [-0.39, 0.29) is 17.6 Å². The van der Waals surface area contributed by atoms with Gasteiger partial charge in [0.1, 0.15) is 0 Å². The summed E-state index contributed by atoms with van der Waals surface area (Å²) in [5, 5.41) is 7.52. The molecule has 166 valence electrons. The van der Waals surface area contributed by atoms with Gasteiger partial charge in [0.2, 0.25) is 0 Å². The van der Waals surface area contributed by atoms with Crippen LogP contribution in [-0.2, 0) is 9.53 Å². The SMILES string of the molecule is C[C@H](OC(=O)c1cc(-c2cccnc2)n(-c2ccccc2)n1)C(=O)N[C@@H]1CCCC[C@@H]1C. The van der Waals surface area contributed by atoms with Crippen LogP contribution in [0.4, 0.5) is 0 Å². The molecule has 3 atom stereocenters. The fourth-order valence-corrected chi connectivity index (χ4v) is 4.07. The van der Waals surface area contributed by atoms with Crippen molar-refractivity contribution in [2.75, 3.05) is 0 Å². The highest BCUT2D eigenvalue weighted by Gasteiger charge is 2.27. The summed E-state index contributed by atoms with van der Waals surface area (Å²) in [6.07, 6.45) is 6.87. The Kier molecular flexibility index (Phi) is 6.63. The Morgan fingerprint density at radius 3 is 2.62 bits per heavy atom. The van der Waals surface area contributed by atoms with Crippen LogP contribution in [0.2, 0.25) is 0 Å². The van der Waals surface area contributed by atoms with Gasteiger partial charge in [-0.3, -0.25) is 9.78 Å². The molecule has 1 aliphatic rings. The van der Waals surface area contributed by atoms with Crippen molar-refractivity contribution >= 4 is 11.9 Å². The Bertz CT molecular complexity index is 1010. The van der Waals surface area contributed by atoms with E-state index in [1.54, 1.807) is 30.1 Å². The molecule has 1 N–H and O–H groups in total. The van der Waals surface area contributed by atoms with Crippen LogP contribution in [-0.4, -0.2) is 38.8 Å². The van der Waals surface area contributed by atoms with Crippen molar-refractivity contribution in [3.63, 3.8) is 0 Å². The van der Waals surface area contributed by atoms with Gasteiger partial charge in [0.05, 0.1) is 11.4 Å². The summed E-state index contributed by atoms with van der Waals surface area (Å²) in [6, 6.07) is 15.1. The van der Waals surface area contributed by atoms with Gasteiger partial charge in [0.15, 0.2) is 11.8 Å². The maximum absolute atomic E-state index is 12.9. The number of ether oxygens (including phenoxy) is 1. The summed E-state index contributed by atoms with van der Waals surface area (Å²) in [5.41, 5.74) is 2.48. The van der Waals surface area contributed by atoms with E-state index in [0.717, 1.165) is 30.5 Å². The van der Waals surface area contributed by atoms with Gasteiger partial charge >= 0.3 is 5.97 Å². The maximum atomic E-state index is 12.9. The minimum atomic E-state index is -0.902. The first-order valence-electron chi connectivity index (χ1n) is 11.1. The van der Waals surface area contributed by atoms with E-state index in [0.29, 0.717) is 11.6 Å². The van der Waals surface area contributed by atoms with Crippen LogP contribution in [0.25, 0.3) is 16.9 Å². The Morgan fingerprint density at radius 2 is 1.91 bits per heavy atom. The third kappa shape index (κ3) is 4.88. The van der Waals surface area contributed by atoms with E-state index in [9.17, 15) is 9.59 Å². The number of benzene rings is 1. The number of aromatic nitrogens is 3. The molecule has 1 aliphatic carbocycles. The van der Waals surface area contributed by atoms with Gasteiger partial charge in [-0.15, -0.1) is 0 Å². The highest BCUT2D eigenvalue weighted by molar-refractivity contribution is 5.92. The number of hydrogen-bond donors (Lipinski definition) is 1. The fourth-order valence-electron chi connectivity index (χ4n) is 4.07. The van der Waals surface area contributed by atoms with Gasteiger partial charge in [-0.2, -0.15) is 5.10 Å². The van der Waals surface area contributed by atoms with E-state index in [1.807, 2.05) is 42.5 Å². The number of amides is 1. The third-order valence-electron chi connectivity index (χ3n) is 5.97. The zero-order valence-corrected chi connectivity index (χ0v) is 18.4. The first kappa shape index (κ1) is 21.7. The van der Waals surface area contributed by atoms with Crippen molar-refractivity contribution in [3.05, 3.63) is 66.6 Å². The smallest absolute Gasteiger partial charge is 0.359 e. The normalized spacial score (nSPS) is 19.2. The molecule has 2 aromatic heterocycles. The zero-order chi connectivity index (χ0) is 22.5. The fraction of sp³-hybridized carbons (Fsp3) is 0.360. The van der Waals surface area contributed by atoms with E-state index < -0.39 is 12.1 Å². The molecule has 32 heavy (non-hydrogen) atoms. The number of rotatable bonds is 6. The minimum absolute atomic E-state index is 0.131. The monoisotopic (exact) mass is 432 g/mol. The summed E-state index contributed by atoms with van der Waals surface area (Å²) in [6.45, 7) is 3.74. The lowest BCUT2D eigenvalue weighted by Crippen LogP contribution is -2.46. The van der Waals surface area contributed by atoms with E-state index in [4.69, 9.17) is 4.74 Å². The van der Waals surface area contributed by atoms with E-state index >= 15 is 0 Å². The third-order valence-corrected chi connectivity index (χ3v) is 5.97.